The summed E-state index contributed by atoms with van der Waals surface area (Å²) in [6.07, 6.45) is 7.28. The number of rotatable bonds is 7. The van der Waals surface area contributed by atoms with Crippen molar-refractivity contribution in [1.29, 1.82) is 0 Å². The van der Waals surface area contributed by atoms with E-state index in [1.54, 1.807) is 24.5 Å². The number of allylic oxidation sites excluding steroid dienone is 1. The van der Waals surface area contributed by atoms with Gasteiger partial charge in [-0.15, -0.1) is 0 Å². The molecule has 3 N–H and O–H groups in total. The number of aromatic amines is 2. The average Bonchev–Trinajstić information content (AvgIpc) is 3.53. The van der Waals surface area contributed by atoms with E-state index < -0.39 is 0 Å². The van der Waals surface area contributed by atoms with E-state index in [0.717, 1.165) is 62.9 Å². The first-order chi connectivity index (χ1) is 18.1. The van der Waals surface area contributed by atoms with Crippen molar-refractivity contribution in [2.75, 3.05) is 5.32 Å². The third-order valence-electron chi connectivity index (χ3n) is 6.28. The minimum absolute atomic E-state index is 0.277. The van der Waals surface area contributed by atoms with E-state index in [9.17, 15) is 4.39 Å². The number of hydrogen-bond acceptors (Lipinski definition) is 5. The Balaban J connectivity index is 1.40. The molecule has 0 fully saturated rings. The van der Waals surface area contributed by atoms with Gasteiger partial charge in [0.1, 0.15) is 11.5 Å². The van der Waals surface area contributed by atoms with Crippen molar-refractivity contribution in [1.82, 2.24) is 30.1 Å². The summed E-state index contributed by atoms with van der Waals surface area (Å²) in [5, 5.41) is 11.9. The molecule has 0 unspecified atom stereocenters. The van der Waals surface area contributed by atoms with Crippen LogP contribution in [0.3, 0.4) is 0 Å². The Morgan fingerprint density at radius 2 is 1.84 bits per heavy atom. The largest absolute Gasteiger partial charge is 0.358 e. The number of anilines is 1. The lowest BCUT2D eigenvalue weighted by Gasteiger charge is -2.10. The van der Waals surface area contributed by atoms with Gasteiger partial charge < -0.3 is 10.3 Å². The van der Waals surface area contributed by atoms with Gasteiger partial charge in [0.2, 0.25) is 0 Å². The molecule has 0 aliphatic carbocycles. The highest BCUT2D eigenvalue weighted by atomic mass is 19.1. The van der Waals surface area contributed by atoms with Crippen LogP contribution in [0.5, 0.6) is 0 Å². The maximum atomic E-state index is 13.5. The lowest BCUT2D eigenvalue weighted by atomic mass is 10.0. The van der Waals surface area contributed by atoms with Gasteiger partial charge in [0.15, 0.2) is 11.5 Å². The molecule has 0 saturated carbocycles. The van der Waals surface area contributed by atoms with Crippen LogP contribution < -0.4 is 5.32 Å². The molecule has 0 aliphatic heterocycles. The fourth-order valence-electron chi connectivity index (χ4n) is 4.50. The van der Waals surface area contributed by atoms with Crippen LogP contribution in [-0.4, -0.2) is 30.1 Å². The normalized spacial score (nSPS) is 11.3. The third kappa shape index (κ3) is 4.33. The van der Waals surface area contributed by atoms with Gasteiger partial charge in [0, 0.05) is 34.6 Å². The zero-order chi connectivity index (χ0) is 25.4. The maximum absolute atomic E-state index is 13.5. The number of nitrogens with one attached hydrogen (secondary N) is 3. The van der Waals surface area contributed by atoms with Crippen LogP contribution in [0, 0.1) is 5.82 Å². The molecule has 0 aliphatic rings. The van der Waals surface area contributed by atoms with Crippen molar-refractivity contribution in [3.8, 4) is 33.8 Å². The Kier molecular flexibility index (Phi) is 5.69. The number of hydrogen-bond donors (Lipinski definition) is 3. The Labute approximate surface area is 212 Å². The molecule has 4 aromatic heterocycles. The third-order valence-corrected chi connectivity index (χ3v) is 6.28. The van der Waals surface area contributed by atoms with Crippen LogP contribution in [0.15, 0.2) is 85.5 Å². The van der Waals surface area contributed by atoms with Gasteiger partial charge in [-0.1, -0.05) is 38.1 Å². The number of pyridine rings is 2. The number of nitrogens with zero attached hydrogens (tertiary/aromatic N) is 4. The summed E-state index contributed by atoms with van der Waals surface area (Å²) in [7, 11) is 0. The molecule has 0 saturated heterocycles. The first-order valence-corrected chi connectivity index (χ1v) is 12.1. The Hall–Kier alpha value is -4.85. The van der Waals surface area contributed by atoms with E-state index in [0.29, 0.717) is 17.2 Å². The summed E-state index contributed by atoms with van der Waals surface area (Å²) in [5.41, 5.74) is 8.55. The molecule has 0 bridgehead atoms. The molecule has 0 radical (unpaired) electrons. The van der Waals surface area contributed by atoms with Crippen LogP contribution in [0.2, 0.25) is 0 Å². The fraction of sp³-hybridized carbons (Fsp3) is 0.103. The van der Waals surface area contributed by atoms with Gasteiger partial charge >= 0.3 is 0 Å². The van der Waals surface area contributed by atoms with Gasteiger partial charge in [-0.25, -0.2) is 14.4 Å². The van der Waals surface area contributed by atoms with Crippen molar-refractivity contribution in [3.63, 3.8) is 0 Å². The predicted molar refractivity (Wildman–Crippen MR) is 145 cm³/mol. The minimum Gasteiger partial charge on any atom is -0.358 e. The van der Waals surface area contributed by atoms with Crippen LogP contribution in [0.25, 0.3) is 55.8 Å². The lowest BCUT2D eigenvalue weighted by molar-refractivity contribution is 0.628. The number of H-pyrrole nitrogens is 2. The SMILES string of the molecule is C=C(CCC)Nc1cncc(-c2ccc3[nH]nc(-c4nc5nccc(-c6ccc(F)cc6)c5[nH]4)c3c2)c1. The molecule has 0 amide bonds. The monoisotopic (exact) mass is 489 g/mol. The molecule has 0 spiro atoms. The van der Waals surface area contributed by atoms with Crippen LogP contribution in [0.1, 0.15) is 19.8 Å². The second-order valence-electron chi connectivity index (χ2n) is 8.92. The highest BCUT2D eigenvalue weighted by Crippen LogP contribution is 2.33. The zero-order valence-electron chi connectivity index (χ0n) is 20.2. The molecule has 7 nitrogen and oxygen atoms in total. The first kappa shape index (κ1) is 22.6. The smallest absolute Gasteiger partial charge is 0.178 e. The maximum Gasteiger partial charge on any atom is 0.178 e. The molecule has 6 aromatic rings. The number of halogens is 1. The minimum atomic E-state index is -0.277. The molecule has 8 heteroatoms. The molecule has 6 rings (SSSR count). The van der Waals surface area contributed by atoms with Crippen LogP contribution in [-0.2, 0) is 0 Å². The molecule has 182 valence electrons. The predicted octanol–water partition coefficient (Wildman–Crippen LogP) is 7.10. The van der Waals surface area contributed by atoms with E-state index in [2.05, 4.69) is 56.1 Å². The van der Waals surface area contributed by atoms with Gasteiger partial charge in [0.25, 0.3) is 0 Å². The summed E-state index contributed by atoms with van der Waals surface area (Å²) in [6, 6.07) is 16.5. The first-order valence-electron chi connectivity index (χ1n) is 12.1. The molecule has 0 atom stereocenters. The summed E-state index contributed by atoms with van der Waals surface area (Å²) in [6.45, 7) is 6.21. The molecule has 2 aromatic carbocycles. The summed E-state index contributed by atoms with van der Waals surface area (Å²) >= 11 is 0. The van der Waals surface area contributed by atoms with Gasteiger partial charge in [-0.3, -0.25) is 10.1 Å². The zero-order valence-corrected chi connectivity index (χ0v) is 20.2. The summed E-state index contributed by atoms with van der Waals surface area (Å²) in [5.74, 6) is 0.324. The average molecular weight is 490 g/mol. The topological polar surface area (TPSA) is 95.2 Å². The van der Waals surface area contributed by atoms with Gasteiger partial charge in [-0.05, 0) is 53.9 Å². The van der Waals surface area contributed by atoms with Crippen molar-refractivity contribution in [3.05, 3.63) is 91.3 Å². The Morgan fingerprint density at radius 1 is 1.00 bits per heavy atom. The van der Waals surface area contributed by atoms with E-state index >= 15 is 0 Å². The van der Waals surface area contributed by atoms with Crippen LogP contribution in [0.4, 0.5) is 10.1 Å². The van der Waals surface area contributed by atoms with Crippen molar-refractivity contribution in [2.24, 2.45) is 0 Å². The summed E-state index contributed by atoms with van der Waals surface area (Å²) in [4.78, 5) is 17.0. The molecular formula is C29H24FN7. The number of benzene rings is 2. The second kappa shape index (κ2) is 9.31. The summed E-state index contributed by atoms with van der Waals surface area (Å²) < 4.78 is 13.5. The molecule has 4 heterocycles. The quantitative estimate of drug-likeness (QED) is 0.222. The molecule has 37 heavy (non-hydrogen) atoms. The van der Waals surface area contributed by atoms with E-state index in [-0.39, 0.29) is 5.82 Å². The van der Waals surface area contributed by atoms with Crippen molar-refractivity contribution < 1.29 is 4.39 Å². The van der Waals surface area contributed by atoms with Gasteiger partial charge in [-0.2, -0.15) is 5.10 Å². The lowest BCUT2D eigenvalue weighted by Crippen LogP contribution is -1.98. The van der Waals surface area contributed by atoms with Crippen molar-refractivity contribution >= 4 is 27.8 Å². The number of fused-ring (bicyclic) bond motifs is 2. The Morgan fingerprint density at radius 3 is 2.68 bits per heavy atom. The van der Waals surface area contributed by atoms with E-state index in [1.165, 1.54) is 12.1 Å². The highest BCUT2D eigenvalue weighted by Gasteiger charge is 2.16. The van der Waals surface area contributed by atoms with Gasteiger partial charge in [0.05, 0.1) is 22.9 Å². The molecular weight excluding hydrogens is 465 g/mol. The number of aromatic nitrogens is 6. The highest BCUT2D eigenvalue weighted by molar-refractivity contribution is 5.97. The van der Waals surface area contributed by atoms with E-state index in [1.807, 2.05) is 24.4 Å². The Bertz CT molecular complexity index is 1750. The van der Waals surface area contributed by atoms with E-state index in [4.69, 9.17) is 4.98 Å². The van der Waals surface area contributed by atoms with Crippen LogP contribution >= 0.6 is 0 Å². The van der Waals surface area contributed by atoms with Crippen molar-refractivity contribution in [2.45, 2.75) is 19.8 Å². The fourth-order valence-corrected chi connectivity index (χ4v) is 4.50. The second-order valence-corrected chi connectivity index (χ2v) is 8.92. The standard InChI is InChI=1S/C29H24FN7/c1-3-4-17(2)33-22-13-20(15-31-16-22)19-7-10-25-24(14-19)27(37-36-25)29-34-26-23(11-12-32-28(26)35-29)18-5-8-21(30)9-6-18/h5-16,33H,2-4H2,1H3,(H,36,37)(H,32,34,35). The number of imidazole rings is 1.